The van der Waals surface area contributed by atoms with Gasteiger partial charge in [0.25, 0.3) is 0 Å². The molecule has 0 aliphatic carbocycles. The highest BCUT2D eigenvalue weighted by Gasteiger charge is 2.28. The second-order valence-corrected chi connectivity index (χ2v) is 10.1. The lowest BCUT2D eigenvalue weighted by Crippen LogP contribution is -2.39. The van der Waals surface area contributed by atoms with Crippen LogP contribution in [0.25, 0.3) is 10.2 Å². The number of morpholine rings is 1. The molecule has 1 N–H and O–H groups in total. The lowest BCUT2D eigenvalue weighted by molar-refractivity contribution is -0.125. The normalized spacial score (nSPS) is 19.4. The minimum Gasteiger partial charge on any atom is -0.481 e. The lowest BCUT2D eigenvalue weighted by atomic mass is 9.96. The molecule has 3 aromatic heterocycles. The van der Waals surface area contributed by atoms with Gasteiger partial charge in [-0.1, -0.05) is 0 Å². The molecule has 2 aliphatic heterocycles. The number of anilines is 1. The van der Waals surface area contributed by atoms with Crippen molar-refractivity contribution in [3.63, 3.8) is 0 Å². The fourth-order valence-electron chi connectivity index (χ4n) is 4.75. The molecule has 0 radical (unpaired) electrons. The van der Waals surface area contributed by atoms with Gasteiger partial charge in [-0.05, 0) is 32.0 Å². The van der Waals surface area contributed by atoms with Crippen molar-refractivity contribution in [3.8, 4) is 11.9 Å². The highest BCUT2D eigenvalue weighted by atomic mass is 32.1. The number of aromatic nitrogens is 4. The molecule has 0 saturated carbocycles. The van der Waals surface area contributed by atoms with E-state index >= 15 is 0 Å². The number of amides is 1. The summed E-state index contributed by atoms with van der Waals surface area (Å²) < 4.78 is 17.6. The number of rotatable bonds is 7. The molecule has 2 aliphatic rings. The fourth-order valence-corrected chi connectivity index (χ4v) is 5.76. The van der Waals surface area contributed by atoms with Gasteiger partial charge in [0.1, 0.15) is 6.10 Å². The average Bonchev–Trinajstić information content (AvgIpc) is 3.34. The van der Waals surface area contributed by atoms with Gasteiger partial charge in [0.05, 0.1) is 49.3 Å². The summed E-state index contributed by atoms with van der Waals surface area (Å²) in [6.45, 7) is 4.51. The molecule has 0 spiro atoms. The van der Waals surface area contributed by atoms with Gasteiger partial charge in [-0.15, -0.1) is 11.3 Å². The Morgan fingerprint density at radius 1 is 1.17 bits per heavy atom. The lowest BCUT2D eigenvalue weighted by Gasteiger charge is -2.33. The predicted octanol–water partition coefficient (Wildman–Crippen LogP) is 2.03. The van der Waals surface area contributed by atoms with E-state index in [-0.39, 0.29) is 23.9 Å². The smallest absolute Gasteiger partial charge is 0.319 e. The monoisotopic (exact) mass is 513 g/mol. The minimum atomic E-state index is -0.269. The van der Waals surface area contributed by atoms with Crippen LogP contribution in [0.3, 0.4) is 0 Å². The van der Waals surface area contributed by atoms with E-state index in [0.717, 1.165) is 48.3 Å². The van der Waals surface area contributed by atoms with Gasteiger partial charge in [-0.3, -0.25) is 9.69 Å². The predicted molar refractivity (Wildman–Crippen MR) is 136 cm³/mol. The van der Waals surface area contributed by atoms with E-state index in [0.29, 0.717) is 31.5 Å². The van der Waals surface area contributed by atoms with Crippen molar-refractivity contribution >= 4 is 33.4 Å². The molecule has 1 atom stereocenters. The van der Waals surface area contributed by atoms with Crippen molar-refractivity contribution < 1.29 is 19.0 Å². The Kier molecular flexibility index (Phi) is 7.44. The van der Waals surface area contributed by atoms with Crippen molar-refractivity contribution in [1.29, 1.82) is 0 Å². The molecule has 11 nitrogen and oxygen atoms in total. The average molecular weight is 514 g/mol. The maximum atomic E-state index is 11.9. The number of methoxy groups -OCH3 is 2. The fraction of sp³-hybridized carbons (Fsp3) is 0.542. The molecule has 2 fully saturated rings. The van der Waals surface area contributed by atoms with E-state index in [2.05, 4.69) is 36.1 Å². The molecule has 5 heterocycles. The summed E-state index contributed by atoms with van der Waals surface area (Å²) in [6, 6.07) is 2.41. The third-order valence-corrected chi connectivity index (χ3v) is 7.77. The molecular formula is C24H31N7O4S. The van der Waals surface area contributed by atoms with Gasteiger partial charge in [-0.25, -0.2) is 15.0 Å². The van der Waals surface area contributed by atoms with E-state index in [9.17, 15) is 4.79 Å². The largest absolute Gasteiger partial charge is 0.481 e. The number of thiophene rings is 1. The van der Waals surface area contributed by atoms with Crippen molar-refractivity contribution in [2.75, 3.05) is 59.0 Å². The number of nitrogens with one attached hydrogen (secondary N) is 1. The van der Waals surface area contributed by atoms with Gasteiger partial charge >= 0.3 is 6.01 Å². The molecule has 12 heteroatoms. The molecular weight excluding hydrogens is 482 g/mol. The number of likely N-dealkylation sites (tertiary alicyclic amines) is 1. The first-order chi connectivity index (χ1) is 17.6. The van der Waals surface area contributed by atoms with E-state index in [4.69, 9.17) is 19.2 Å². The maximum absolute atomic E-state index is 11.9. The second-order valence-electron chi connectivity index (χ2n) is 8.92. The summed E-state index contributed by atoms with van der Waals surface area (Å²) in [5.74, 6) is 1.40. The van der Waals surface area contributed by atoms with Crippen LogP contribution >= 0.6 is 11.3 Å². The first-order valence-electron chi connectivity index (χ1n) is 12.1. The van der Waals surface area contributed by atoms with Crippen LogP contribution in [-0.4, -0.2) is 84.8 Å². The Labute approximate surface area is 213 Å². The van der Waals surface area contributed by atoms with Crippen molar-refractivity contribution in [2.24, 2.45) is 5.92 Å². The molecule has 36 heavy (non-hydrogen) atoms. The molecule has 192 valence electrons. The van der Waals surface area contributed by atoms with Crippen LogP contribution in [0.5, 0.6) is 11.9 Å². The Hall–Kier alpha value is -3.09. The Bertz CT molecular complexity index is 1210. The van der Waals surface area contributed by atoms with E-state index in [1.54, 1.807) is 31.7 Å². The van der Waals surface area contributed by atoms with Gasteiger partial charge in [0.15, 0.2) is 0 Å². The second kappa shape index (κ2) is 10.9. The van der Waals surface area contributed by atoms with E-state index < -0.39 is 0 Å². The van der Waals surface area contributed by atoms with E-state index in [1.807, 2.05) is 6.20 Å². The molecule has 2 saturated heterocycles. The Balaban J connectivity index is 1.26. The van der Waals surface area contributed by atoms with Gasteiger partial charge in [0, 0.05) is 37.1 Å². The maximum Gasteiger partial charge on any atom is 0.319 e. The first-order valence-corrected chi connectivity index (χ1v) is 12.9. The molecule has 0 aromatic carbocycles. The van der Waals surface area contributed by atoms with Crippen molar-refractivity contribution in [2.45, 2.75) is 25.5 Å². The van der Waals surface area contributed by atoms with Crippen LogP contribution in [0, 0.1) is 5.92 Å². The van der Waals surface area contributed by atoms with Crippen LogP contribution in [0.1, 0.15) is 29.4 Å². The van der Waals surface area contributed by atoms with Crippen LogP contribution in [0.4, 0.5) is 5.95 Å². The number of carbonyl (C=O) groups is 1. The Morgan fingerprint density at radius 3 is 2.75 bits per heavy atom. The summed E-state index contributed by atoms with van der Waals surface area (Å²) >= 11 is 1.73. The van der Waals surface area contributed by atoms with Crippen molar-refractivity contribution in [1.82, 2.24) is 30.2 Å². The zero-order valence-electron chi connectivity index (χ0n) is 20.8. The van der Waals surface area contributed by atoms with Gasteiger partial charge in [0.2, 0.25) is 17.7 Å². The number of fused-ring (bicyclic) bond motifs is 1. The molecule has 3 aromatic rings. The molecule has 1 unspecified atom stereocenters. The van der Waals surface area contributed by atoms with E-state index in [1.165, 1.54) is 12.0 Å². The summed E-state index contributed by atoms with van der Waals surface area (Å²) in [7, 11) is 4.80. The molecule has 5 rings (SSSR count). The highest BCUT2D eigenvalue weighted by Crippen LogP contribution is 2.32. The third kappa shape index (κ3) is 5.20. The quantitative estimate of drug-likeness (QED) is 0.503. The summed E-state index contributed by atoms with van der Waals surface area (Å²) in [5, 5.41) is 2.77. The van der Waals surface area contributed by atoms with Crippen LogP contribution in [0.15, 0.2) is 18.5 Å². The number of nitrogens with zero attached hydrogens (tertiary/aromatic N) is 6. The molecule has 1 amide bonds. The SMILES string of the molecule is CNC(=O)C1CCN(Cc2cc3nc(N4CCOC(c5cnc(OC)nc5OC)C4)ncc3s2)CC1. The van der Waals surface area contributed by atoms with Crippen LogP contribution in [0.2, 0.25) is 0 Å². The topological polar surface area (TPSA) is 115 Å². The number of ether oxygens (including phenoxy) is 3. The summed E-state index contributed by atoms with van der Waals surface area (Å²) in [6.07, 6.45) is 5.12. The standard InChI is InChI=1S/C24H31N7O4S/c1-25-21(32)15-4-6-30(7-5-15)13-16-10-18-20(36-16)12-26-23(28-18)31-8-9-35-19(14-31)17-11-27-24(34-3)29-22(17)33-2/h10-12,15,19H,4-9,13-14H2,1-3H3,(H,25,32). The number of piperidine rings is 1. The van der Waals surface area contributed by atoms with Crippen molar-refractivity contribution in [3.05, 3.63) is 28.9 Å². The highest BCUT2D eigenvalue weighted by molar-refractivity contribution is 7.18. The molecule has 0 bridgehead atoms. The Morgan fingerprint density at radius 2 is 2.00 bits per heavy atom. The first kappa shape index (κ1) is 24.6. The van der Waals surface area contributed by atoms with Gasteiger partial charge < -0.3 is 24.4 Å². The zero-order valence-corrected chi connectivity index (χ0v) is 21.6. The summed E-state index contributed by atoms with van der Waals surface area (Å²) in [4.78, 5) is 35.7. The van der Waals surface area contributed by atoms with Gasteiger partial charge in [-0.2, -0.15) is 4.98 Å². The number of hydrogen-bond acceptors (Lipinski definition) is 11. The number of hydrogen-bond donors (Lipinski definition) is 1. The summed E-state index contributed by atoms with van der Waals surface area (Å²) in [5.41, 5.74) is 1.72. The minimum absolute atomic E-state index is 0.129. The number of carbonyl (C=O) groups excluding carboxylic acids is 1. The van der Waals surface area contributed by atoms with Crippen LogP contribution in [-0.2, 0) is 16.1 Å². The van der Waals surface area contributed by atoms with Crippen LogP contribution < -0.4 is 19.7 Å². The third-order valence-electron chi connectivity index (χ3n) is 6.72. The zero-order chi connectivity index (χ0) is 25.1.